The highest BCUT2D eigenvalue weighted by molar-refractivity contribution is 5.14. The second-order valence-electron chi connectivity index (χ2n) is 3.62. The summed E-state index contributed by atoms with van der Waals surface area (Å²) in [5.74, 6) is 0. The second kappa shape index (κ2) is 3.78. The molecule has 3 heteroatoms. The molecule has 0 bridgehead atoms. The van der Waals surface area contributed by atoms with Crippen molar-refractivity contribution in [1.82, 2.24) is 0 Å². The van der Waals surface area contributed by atoms with Crippen LogP contribution in [0.1, 0.15) is 19.3 Å². The molecule has 0 amide bonds. The smallest absolute Gasteiger partial charge is 0.146 e. The van der Waals surface area contributed by atoms with Crippen molar-refractivity contribution in [3.8, 4) is 0 Å². The summed E-state index contributed by atoms with van der Waals surface area (Å²) in [5, 5.41) is 0. The molecule has 3 nitrogen and oxygen atoms in total. The molecule has 1 aliphatic carbocycles. The quantitative estimate of drug-likeness (QED) is 0.491. The van der Waals surface area contributed by atoms with Crippen molar-refractivity contribution in [2.45, 2.75) is 31.0 Å². The Balaban J connectivity index is 1.97. The average Bonchev–Trinajstić information content (AvgIpc) is 2.75. The standard InChI is InChI=1S/C10H16O3/c1-11-8-12-9-4-2-5-10(9)6-3-7-13-10/h3,6,9H,2,4-5,7-8H2,1H3/t9-,10-/m0/s1. The molecule has 74 valence electrons. The lowest BCUT2D eigenvalue weighted by Crippen LogP contribution is -2.38. The van der Waals surface area contributed by atoms with Gasteiger partial charge in [0.2, 0.25) is 0 Å². The van der Waals surface area contributed by atoms with Gasteiger partial charge < -0.3 is 14.2 Å². The first-order valence-corrected chi connectivity index (χ1v) is 4.79. The Morgan fingerprint density at radius 3 is 3.23 bits per heavy atom. The molecule has 0 aromatic heterocycles. The Hall–Kier alpha value is -0.380. The van der Waals surface area contributed by atoms with Crippen LogP contribution in [-0.4, -0.2) is 32.2 Å². The molecule has 0 radical (unpaired) electrons. The molecule has 2 atom stereocenters. The topological polar surface area (TPSA) is 27.7 Å². The summed E-state index contributed by atoms with van der Waals surface area (Å²) in [5.41, 5.74) is -0.126. The maximum Gasteiger partial charge on any atom is 0.146 e. The fraction of sp³-hybridized carbons (Fsp3) is 0.800. The van der Waals surface area contributed by atoms with Crippen LogP contribution in [0.3, 0.4) is 0 Å². The van der Waals surface area contributed by atoms with Crippen molar-refractivity contribution in [3.05, 3.63) is 12.2 Å². The van der Waals surface area contributed by atoms with Gasteiger partial charge in [-0.05, 0) is 19.3 Å². The molecule has 1 saturated carbocycles. The van der Waals surface area contributed by atoms with E-state index >= 15 is 0 Å². The fourth-order valence-corrected chi connectivity index (χ4v) is 2.20. The van der Waals surface area contributed by atoms with E-state index in [0.717, 1.165) is 19.4 Å². The average molecular weight is 184 g/mol. The van der Waals surface area contributed by atoms with Crippen molar-refractivity contribution in [2.24, 2.45) is 0 Å². The van der Waals surface area contributed by atoms with Crippen LogP contribution in [0.15, 0.2) is 12.2 Å². The summed E-state index contributed by atoms with van der Waals surface area (Å²) < 4.78 is 16.2. The highest BCUT2D eigenvalue weighted by atomic mass is 16.7. The van der Waals surface area contributed by atoms with E-state index < -0.39 is 0 Å². The summed E-state index contributed by atoms with van der Waals surface area (Å²) in [4.78, 5) is 0. The highest BCUT2D eigenvalue weighted by Crippen LogP contribution is 2.39. The van der Waals surface area contributed by atoms with Crippen LogP contribution >= 0.6 is 0 Å². The Morgan fingerprint density at radius 2 is 2.54 bits per heavy atom. The van der Waals surface area contributed by atoms with Crippen LogP contribution in [0, 0.1) is 0 Å². The number of methoxy groups -OCH3 is 1. The number of rotatable bonds is 3. The molecule has 13 heavy (non-hydrogen) atoms. The van der Waals surface area contributed by atoms with Gasteiger partial charge >= 0.3 is 0 Å². The van der Waals surface area contributed by atoms with E-state index in [9.17, 15) is 0 Å². The first-order chi connectivity index (χ1) is 6.37. The van der Waals surface area contributed by atoms with Crippen LogP contribution in [0.4, 0.5) is 0 Å². The van der Waals surface area contributed by atoms with Gasteiger partial charge in [0.05, 0.1) is 12.7 Å². The zero-order chi connectivity index (χ0) is 9.15. The molecule has 0 aromatic carbocycles. The molecule has 1 aliphatic heterocycles. The van der Waals surface area contributed by atoms with Gasteiger partial charge in [0.25, 0.3) is 0 Å². The molecule has 2 rings (SSSR count). The minimum absolute atomic E-state index is 0.126. The summed E-state index contributed by atoms with van der Waals surface area (Å²) in [6.07, 6.45) is 7.75. The third-order valence-corrected chi connectivity index (χ3v) is 2.81. The Labute approximate surface area is 78.7 Å². The Morgan fingerprint density at radius 1 is 1.62 bits per heavy atom. The van der Waals surface area contributed by atoms with Crippen molar-refractivity contribution < 1.29 is 14.2 Å². The lowest BCUT2D eigenvalue weighted by Gasteiger charge is -2.28. The van der Waals surface area contributed by atoms with E-state index in [1.165, 1.54) is 6.42 Å². The SMILES string of the molecule is COCO[C@H]1CCC[C@]12C=CCO2. The maximum atomic E-state index is 5.72. The van der Waals surface area contributed by atoms with Gasteiger partial charge in [0, 0.05) is 7.11 Å². The van der Waals surface area contributed by atoms with E-state index in [2.05, 4.69) is 12.2 Å². The van der Waals surface area contributed by atoms with Gasteiger partial charge in [-0.15, -0.1) is 0 Å². The minimum atomic E-state index is -0.126. The number of hydrogen-bond acceptors (Lipinski definition) is 3. The Bertz CT molecular complexity index is 202. The second-order valence-corrected chi connectivity index (χ2v) is 3.62. The van der Waals surface area contributed by atoms with Gasteiger partial charge in [-0.1, -0.05) is 12.2 Å². The molecule has 2 aliphatic rings. The molecular weight excluding hydrogens is 168 g/mol. The zero-order valence-corrected chi connectivity index (χ0v) is 7.99. The summed E-state index contributed by atoms with van der Waals surface area (Å²) in [6.45, 7) is 1.09. The highest BCUT2D eigenvalue weighted by Gasteiger charge is 2.44. The minimum Gasteiger partial charge on any atom is -0.364 e. The number of hydrogen-bond donors (Lipinski definition) is 0. The van der Waals surface area contributed by atoms with Crippen molar-refractivity contribution >= 4 is 0 Å². The van der Waals surface area contributed by atoms with Gasteiger partial charge in [-0.3, -0.25) is 0 Å². The lowest BCUT2D eigenvalue weighted by molar-refractivity contribution is -0.135. The summed E-state index contributed by atoms with van der Waals surface area (Å²) in [6, 6.07) is 0. The predicted molar refractivity (Wildman–Crippen MR) is 48.4 cm³/mol. The summed E-state index contributed by atoms with van der Waals surface area (Å²) >= 11 is 0. The van der Waals surface area contributed by atoms with Crippen molar-refractivity contribution in [3.63, 3.8) is 0 Å². The zero-order valence-electron chi connectivity index (χ0n) is 7.99. The molecule has 0 saturated heterocycles. The van der Waals surface area contributed by atoms with Crippen LogP contribution in [0.2, 0.25) is 0 Å². The number of ether oxygens (including phenoxy) is 3. The van der Waals surface area contributed by atoms with E-state index in [1.54, 1.807) is 7.11 Å². The third-order valence-electron chi connectivity index (χ3n) is 2.81. The van der Waals surface area contributed by atoms with Crippen molar-refractivity contribution in [2.75, 3.05) is 20.5 Å². The van der Waals surface area contributed by atoms with E-state index in [-0.39, 0.29) is 11.7 Å². The predicted octanol–water partition coefficient (Wildman–Crippen LogP) is 1.48. The first kappa shape index (κ1) is 9.19. The molecular formula is C10H16O3. The molecule has 0 unspecified atom stereocenters. The van der Waals surface area contributed by atoms with Crippen molar-refractivity contribution in [1.29, 1.82) is 0 Å². The monoisotopic (exact) mass is 184 g/mol. The molecule has 1 heterocycles. The van der Waals surface area contributed by atoms with Crippen LogP contribution in [0.25, 0.3) is 0 Å². The van der Waals surface area contributed by atoms with Crippen LogP contribution in [-0.2, 0) is 14.2 Å². The third kappa shape index (κ3) is 1.64. The molecule has 0 N–H and O–H groups in total. The molecule has 1 spiro atoms. The first-order valence-electron chi connectivity index (χ1n) is 4.79. The van der Waals surface area contributed by atoms with E-state index in [0.29, 0.717) is 6.79 Å². The Kier molecular flexibility index (Phi) is 2.67. The van der Waals surface area contributed by atoms with Gasteiger partial charge in [0.1, 0.15) is 12.4 Å². The molecule has 1 fully saturated rings. The normalized spacial score (nSPS) is 37.8. The van der Waals surface area contributed by atoms with Gasteiger partial charge in [-0.2, -0.15) is 0 Å². The van der Waals surface area contributed by atoms with Gasteiger partial charge in [0.15, 0.2) is 0 Å². The van der Waals surface area contributed by atoms with Crippen LogP contribution < -0.4 is 0 Å². The largest absolute Gasteiger partial charge is 0.364 e. The lowest BCUT2D eigenvalue weighted by atomic mass is 10.0. The molecule has 0 aromatic rings. The fourth-order valence-electron chi connectivity index (χ4n) is 2.20. The van der Waals surface area contributed by atoms with Gasteiger partial charge in [-0.25, -0.2) is 0 Å². The van der Waals surface area contributed by atoms with Crippen LogP contribution in [0.5, 0.6) is 0 Å². The summed E-state index contributed by atoms with van der Waals surface area (Å²) in [7, 11) is 1.65. The van der Waals surface area contributed by atoms with E-state index in [4.69, 9.17) is 14.2 Å². The van der Waals surface area contributed by atoms with E-state index in [1.807, 2.05) is 0 Å². The maximum absolute atomic E-state index is 5.72.